The predicted octanol–water partition coefficient (Wildman–Crippen LogP) is 1.92. The molecule has 0 aliphatic carbocycles. The molecule has 0 saturated heterocycles. The van der Waals surface area contributed by atoms with Crippen LogP contribution in [0, 0.1) is 12.3 Å². The molecule has 2 amide bonds. The molecule has 3 nitrogen and oxygen atoms in total. The number of carbonyl (C=O) groups is 2. The van der Waals surface area contributed by atoms with Crippen LogP contribution >= 0.6 is 0 Å². The molecular formula is C13H13NO2. The summed E-state index contributed by atoms with van der Waals surface area (Å²) in [5.41, 5.74) is 1.43. The standard InChI is InChI=1S/C11H7NO2.C2H6/c1-3-7-4-5-8-9(6-7)11(14)12(2)10(8)13;1-2/h1,4-6H,2H3;1-2H3. The highest BCUT2D eigenvalue weighted by atomic mass is 16.2. The molecule has 0 bridgehead atoms. The number of terminal acetylenes is 1. The van der Waals surface area contributed by atoms with Gasteiger partial charge in [0.2, 0.25) is 0 Å². The molecule has 1 aliphatic rings. The van der Waals surface area contributed by atoms with Crippen molar-refractivity contribution in [2.24, 2.45) is 0 Å². The lowest BCUT2D eigenvalue weighted by atomic mass is 10.1. The fraction of sp³-hybridized carbons (Fsp3) is 0.231. The second kappa shape index (κ2) is 4.63. The molecule has 82 valence electrons. The van der Waals surface area contributed by atoms with Crippen LogP contribution in [0.1, 0.15) is 40.1 Å². The second-order valence-electron chi connectivity index (χ2n) is 3.07. The number of carbonyl (C=O) groups excluding carboxylic acids is 2. The summed E-state index contributed by atoms with van der Waals surface area (Å²) in [5, 5.41) is 0. The van der Waals surface area contributed by atoms with Gasteiger partial charge in [-0.25, -0.2) is 0 Å². The van der Waals surface area contributed by atoms with Crippen molar-refractivity contribution in [3.05, 3.63) is 34.9 Å². The molecule has 0 radical (unpaired) electrons. The molecular weight excluding hydrogens is 202 g/mol. The zero-order valence-corrected chi connectivity index (χ0v) is 9.57. The highest BCUT2D eigenvalue weighted by Gasteiger charge is 2.32. The average Bonchev–Trinajstić information content (AvgIpc) is 2.57. The molecule has 1 aromatic rings. The molecule has 0 unspecified atom stereocenters. The number of benzene rings is 1. The van der Waals surface area contributed by atoms with E-state index in [0.29, 0.717) is 16.7 Å². The lowest BCUT2D eigenvalue weighted by Gasteiger charge is -2.02. The molecule has 0 N–H and O–H groups in total. The summed E-state index contributed by atoms with van der Waals surface area (Å²) in [4.78, 5) is 24.1. The SMILES string of the molecule is C#Cc1ccc2c(c1)C(=O)N(C)C2=O.CC. The van der Waals surface area contributed by atoms with Crippen LogP contribution in [0.5, 0.6) is 0 Å². The summed E-state index contributed by atoms with van der Waals surface area (Å²) >= 11 is 0. The Bertz CT molecular complexity index is 483. The van der Waals surface area contributed by atoms with Gasteiger partial charge < -0.3 is 0 Å². The summed E-state index contributed by atoms with van der Waals surface area (Å²) in [6.45, 7) is 4.00. The van der Waals surface area contributed by atoms with E-state index in [1.165, 1.54) is 7.05 Å². The minimum atomic E-state index is -0.290. The van der Waals surface area contributed by atoms with Crippen molar-refractivity contribution in [1.29, 1.82) is 0 Å². The van der Waals surface area contributed by atoms with E-state index in [1.54, 1.807) is 18.2 Å². The zero-order chi connectivity index (χ0) is 12.3. The number of imide groups is 1. The van der Waals surface area contributed by atoms with E-state index in [4.69, 9.17) is 6.42 Å². The monoisotopic (exact) mass is 215 g/mol. The predicted molar refractivity (Wildman–Crippen MR) is 62.1 cm³/mol. The number of rotatable bonds is 0. The average molecular weight is 215 g/mol. The van der Waals surface area contributed by atoms with Crippen molar-refractivity contribution in [3.63, 3.8) is 0 Å². The van der Waals surface area contributed by atoms with E-state index in [1.807, 2.05) is 13.8 Å². The van der Waals surface area contributed by atoms with Crippen molar-refractivity contribution >= 4 is 11.8 Å². The molecule has 0 fully saturated rings. The minimum Gasteiger partial charge on any atom is -0.277 e. The Hall–Kier alpha value is -2.08. The van der Waals surface area contributed by atoms with E-state index in [2.05, 4.69) is 5.92 Å². The summed E-state index contributed by atoms with van der Waals surface area (Å²) in [6.07, 6.45) is 5.20. The number of fused-ring (bicyclic) bond motifs is 1. The highest BCUT2D eigenvalue weighted by molar-refractivity contribution is 6.21. The van der Waals surface area contributed by atoms with Crippen LogP contribution in [0.3, 0.4) is 0 Å². The summed E-state index contributed by atoms with van der Waals surface area (Å²) < 4.78 is 0. The molecule has 0 spiro atoms. The number of hydrogen-bond acceptors (Lipinski definition) is 2. The molecule has 1 aliphatic heterocycles. The van der Waals surface area contributed by atoms with Crippen molar-refractivity contribution < 1.29 is 9.59 Å². The van der Waals surface area contributed by atoms with Gasteiger partial charge in [0.15, 0.2) is 0 Å². The van der Waals surface area contributed by atoms with E-state index in [-0.39, 0.29) is 11.8 Å². The maximum Gasteiger partial charge on any atom is 0.261 e. The van der Waals surface area contributed by atoms with E-state index < -0.39 is 0 Å². The van der Waals surface area contributed by atoms with Gasteiger partial charge in [-0.2, -0.15) is 0 Å². The molecule has 0 atom stereocenters. The second-order valence-corrected chi connectivity index (χ2v) is 3.07. The summed E-state index contributed by atoms with van der Waals surface area (Å²) in [7, 11) is 1.46. The van der Waals surface area contributed by atoms with Gasteiger partial charge in [-0.1, -0.05) is 19.8 Å². The maximum absolute atomic E-state index is 11.5. The third-order valence-corrected chi connectivity index (χ3v) is 2.26. The third kappa shape index (κ3) is 1.70. The van der Waals surface area contributed by atoms with Gasteiger partial charge in [0.25, 0.3) is 11.8 Å². The van der Waals surface area contributed by atoms with E-state index >= 15 is 0 Å². The van der Waals surface area contributed by atoms with Gasteiger partial charge in [-0.05, 0) is 18.2 Å². The molecule has 1 aromatic carbocycles. The molecule has 0 aromatic heterocycles. The van der Waals surface area contributed by atoms with Crippen LogP contribution < -0.4 is 0 Å². The Balaban J connectivity index is 0.000000606. The van der Waals surface area contributed by atoms with Crippen LogP contribution in [-0.2, 0) is 0 Å². The first-order valence-electron chi connectivity index (χ1n) is 5.08. The topological polar surface area (TPSA) is 37.4 Å². The highest BCUT2D eigenvalue weighted by Crippen LogP contribution is 2.22. The van der Waals surface area contributed by atoms with Crippen LogP contribution in [0.15, 0.2) is 18.2 Å². The fourth-order valence-corrected chi connectivity index (χ4v) is 1.45. The van der Waals surface area contributed by atoms with Crippen LogP contribution in [0.25, 0.3) is 0 Å². The fourth-order valence-electron chi connectivity index (χ4n) is 1.45. The van der Waals surface area contributed by atoms with Gasteiger partial charge >= 0.3 is 0 Å². The Labute approximate surface area is 95.1 Å². The molecule has 3 heteroatoms. The quantitative estimate of drug-likeness (QED) is 0.489. The van der Waals surface area contributed by atoms with Gasteiger partial charge in [-0.3, -0.25) is 14.5 Å². The Morgan fingerprint density at radius 2 is 1.69 bits per heavy atom. The van der Waals surface area contributed by atoms with E-state index in [9.17, 15) is 9.59 Å². The summed E-state index contributed by atoms with van der Waals surface area (Å²) in [5.74, 6) is 1.87. The first-order chi connectivity index (χ1) is 7.65. The normalized spacial score (nSPS) is 12.8. The van der Waals surface area contributed by atoms with Gasteiger partial charge in [0.05, 0.1) is 11.1 Å². The van der Waals surface area contributed by atoms with Crippen LogP contribution in [-0.4, -0.2) is 23.8 Å². The molecule has 0 saturated carbocycles. The molecule has 2 rings (SSSR count). The minimum absolute atomic E-state index is 0.270. The number of hydrogen-bond donors (Lipinski definition) is 0. The lowest BCUT2D eigenvalue weighted by Crippen LogP contribution is -2.24. The van der Waals surface area contributed by atoms with Gasteiger partial charge in [0.1, 0.15) is 0 Å². The van der Waals surface area contributed by atoms with Crippen LogP contribution in [0.4, 0.5) is 0 Å². The zero-order valence-electron chi connectivity index (χ0n) is 9.57. The Kier molecular flexibility index (Phi) is 3.47. The van der Waals surface area contributed by atoms with Crippen molar-refractivity contribution in [3.8, 4) is 12.3 Å². The lowest BCUT2D eigenvalue weighted by molar-refractivity contribution is 0.0693. The molecule has 16 heavy (non-hydrogen) atoms. The summed E-state index contributed by atoms with van der Waals surface area (Å²) in [6, 6.07) is 4.82. The van der Waals surface area contributed by atoms with Crippen molar-refractivity contribution in [1.82, 2.24) is 4.90 Å². The number of amides is 2. The number of nitrogens with zero attached hydrogens (tertiary/aromatic N) is 1. The van der Waals surface area contributed by atoms with Crippen molar-refractivity contribution in [2.45, 2.75) is 13.8 Å². The Morgan fingerprint density at radius 3 is 2.25 bits per heavy atom. The van der Waals surface area contributed by atoms with Gasteiger partial charge in [-0.15, -0.1) is 6.42 Å². The smallest absolute Gasteiger partial charge is 0.261 e. The van der Waals surface area contributed by atoms with E-state index in [0.717, 1.165) is 4.90 Å². The van der Waals surface area contributed by atoms with Crippen LogP contribution in [0.2, 0.25) is 0 Å². The van der Waals surface area contributed by atoms with Gasteiger partial charge in [0, 0.05) is 12.6 Å². The largest absolute Gasteiger partial charge is 0.277 e. The molecule has 1 heterocycles. The third-order valence-electron chi connectivity index (χ3n) is 2.26. The first kappa shape index (κ1) is 12.0. The maximum atomic E-state index is 11.5. The first-order valence-corrected chi connectivity index (χ1v) is 5.08. The van der Waals surface area contributed by atoms with Crippen molar-refractivity contribution in [2.75, 3.05) is 7.05 Å². The Morgan fingerprint density at radius 1 is 1.12 bits per heavy atom.